The summed E-state index contributed by atoms with van der Waals surface area (Å²) < 4.78 is 16.6. The molecule has 0 fully saturated rings. The second-order valence-electron chi connectivity index (χ2n) is 7.78. The number of aryl methyl sites for hydroxylation is 2. The topological polar surface area (TPSA) is 32.6 Å². The Morgan fingerprint density at radius 3 is 2.45 bits per heavy atom. The molecule has 2 heterocycles. The molecule has 0 radical (unpaired) electrons. The highest BCUT2D eigenvalue weighted by atomic mass is 35.5. The van der Waals surface area contributed by atoms with Crippen molar-refractivity contribution in [2.24, 2.45) is 5.16 Å². The molecule has 33 heavy (non-hydrogen) atoms. The summed E-state index contributed by atoms with van der Waals surface area (Å²) in [6.45, 7) is 4.44. The van der Waals surface area contributed by atoms with Crippen molar-refractivity contribution in [3.63, 3.8) is 0 Å². The third-order valence-electron chi connectivity index (χ3n) is 5.31. The predicted molar refractivity (Wildman–Crippen MR) is 140 cm³/mol. The summed E-state index contributed by atoms with van der Waals surface area (Å²) in [5, 5.41) is 11.3. The van der Waals surface area contributed by atoms with E-state index in [9.17, 15) is 4.39 Å². The molecular formula is C27H23ClFNOS2. The maximum atomic E-state index is 14.2. The molecule has 2 nitrogen and oxygen atoms in total. The lowest BCUT2D eigenvalue weighted by Gasteiger charge is -2.10. The van der Waals surface area contributed by atoms with Gasteiger partial charge in [0.05, 0.1) is 10.4 Å². The molecule has 168 valence electrons. The van der Waals surface area contributed by atoms with Gasteiger partial charge in [-0.25, -0.2) is 4.39 Å². The summed E-state index contributed by atoms with van der Waals surface area (Å²) in [7, 11) is 0. The van der Waals surface area contributed by atoms with Gasteiger partial charge in [-0.15, -0.1) is 22.7 Å². The summed E-state index contributed by atoms with van der Waals surface area (Å²) in [4.78, 5) is 2.23. The molecular weight excluding hydrogens is 473 g/mol. The van der Waals surface area contributed by atoms with E-state index in [-0.39, 0.29) is 10.7 Å². The van der Waals surface area contributed by atoms with E-state index in [1.807, 2.05) is 0 Å². The number of hydrogen-bond donors (Lipinski definition) is 1. The molecule has 0 unspecified atom stereocenters. The quantitative estimate of drug-likeness (QED) is 0.124. The van der Waals surface area contributed by atoms with Crippen LogP contribution in [0.3, 0.4) is 0 Å². The molecule has 0 amide bonds. The van der Waals surface area contributed by atoms with E-state index < -0.39 is 5.82 Å². The molecule has 0 bridgehead atoms. The lowest BCUT2D eigenvalue weighted by Crippen LogP contribution is -1.96. The monoisotopic (exact) mass is 495 g/mol. The zero-order valence-corrected chi connectivity index (χ0v) is 20.8. The summed E-state index contributed by atoms with van der Waals surface area (Å²) in [5.74, 6) is 5.57. The summed E-state index contributed by atoms with van der Waals surface area (Å²) in [6, 6.07) is 15.7. The average molecular weight is 496 g/mol. The summed E-state index contributed by atoms with van der Waals surface area (Å²) in [5.41, 5.74) is 4.75. The number of oxime groups is 1. The van der Waals surface area contributed by atoms with Crippen LogP contribution in [0.5, 0.6) is 0 Å². The van der Waals surface area contributed by atoms with E-state index in [0.717, 1.165) is 30.6 Å². The van der Waals surface area contributed by atoms with Crippen molar-refractivity contribution in [2.75, 3.05) is 0 Å². The Balaban J connectivity index is 1.60. The molecule has 0 saturated carbocycles. The lowest BCUT2D eigenvalue weighted by molar-refractivity contribution is 0.320. The molecule has 2 aromatic heterocycles. The fourth-order valence-electron chi connectivity index (χ4n) is 3.79. The Morgan fingerprint density at radius 2 is 1.76 bits per heavy atom. The van der Waals surface area contributed by atoms with Crippen molar-refractivity contribution in [1.82, 2.24) is 0 Å². The number of fused-ring (bicyclic) bond motifs is 1. The first-order valence-electron chi connectivity index (χ1n) is 10.9. The van der Waals surface area contributed by atoms with Crippen LogP contribution in [0.15, 0.2) is 53.7 Å². The van der Waals surface area contributed by atoms with Gasteiger partial charge in [0.15, 0.2) is 5.17 Å². The van der Waals surface area contributed by atoms with Gasteiger partial charge >= 0.3 is 0 Å². The normalized spacial score (nSPS) is 11.6. The van der Waals surface area contributed by atoms with E-state index in [0.29, 0.717) is 5.56 Å². The molecule has 2 aromatic carbocycles. The third kappa shape index (κ3) is 5.30. The van der Waals surface area contributed by atoms with Gasteiger partial charge < -0.3 is 5.21 Å². The SMILES string of the molecule is CCCc1ccc(-c2cc3sc(C#Cc4ccc(/C(Cl)=N/O)c(F)c4)cc3s2)c(CCC)c1. The maximum Gasteiger partial charge on any atom is 0.178 e. The minimum atomic E-state index is -0.575. The first-order chi connectivity index (χ1) is 16.0. The molecule has 4 aromatic rings. The molecule has 4 rings (SSSR count). The molecule has 0 saturated heterocycles. The van der Waals surface area contributed by atoms with Crippen LogP contribution in [-0.2, 0) is 12.8 Å². The number of hydrogen-bond acceptors (Lipinski definition) is 4. The van der Waals surface area contributed by atoms with Gasteiger partial charge in [0.2, 0.25) is 0 Å². The maximum absolute atomic E-state index is 14.2. The highest BCUT2D eigenvalue weighted by Gasteiger charge is 2.12. The molecule has 0 atom stereocenters. The largest absolute Gasteiger partial charge is 0.410 e. The smallest absolute Gasteiger partial charge is 0.178 e. The van der Waals surface area contributed by atoms with Gasteiger partial charge in [0.25, 0.3) is 0 Å². The van der Waals surface area contributed by atoms with Gasteiger partial charge in [0.1, 0.15) is 5.82 Å². The number of nitrogens with zero attached hydrogens (tertiary/aromatic N) is 1. The minimum Gasteiger partial charge on any atom is -0.410 e. The number of rotatable bonds is 6. The highest BCUT2D eigenvalue weighted by Crippen LogP contribution is 2.39. The van der Waals surface area contributed by atoms with E-state index >= 15 is 0 Å². The molecule has 0 aliphatic carbocycles. The molecule has 0 aliphatic rings. The van der Waals surface area contributed by atoms with E-state index in [1.54, 1.807) is 28.7 Å². The van der Waals surface area contributed by atoms with Crippen LogP contribution in [0.2, 0.25) is 0 Å². The van der Waals surface area contributed by atoms with E-state index in [2.05, 4.69) is 61.2 Å². The van der Waals surface area contributed by atoms with Gasteiger partial charge in [-0.05, 0) is 59.9 Å². The van der Waals surface area contributed by atoms with E-state index in [1.165, 1.54) is 43.1 Å². The van der Waals surface area contributed by atoms with Crippen molar-refractivity contribution >= 4 is 48.8 Å². The number of benzene rings is 2. The highest BCUT2D eigenvalue weighted by molar-refractivity contribution is 7.29. The van der Waals surface area contributed by atoms with Crippen molar-refractivity contribution in [3.05, 3.63) is 81.5 Å². The van der Waals surface area contributed by atoms with Gasteiger partial charge in [0, 0.05) is 19.8 Å². The van der Waals surface area contributed by atoms with Crippen LogP contribution >= 0.6 is 34.3 Å². The Labute approximate surface area is 206 Å². The van der Waals surface area contributed by atoms with Crippen molar-refractivity contribution in [3.8, 4) is 22.3 Å². The van der Waals surface area contributed by atoms with Gasteiger partial charge in [-0.3, -0.25) is 0 Å². The Morgan fingerprint density at radius 1 is 0.970 bits per heavy atom. The van der Waals surface area contributed by atoms with Gasteiger partial charge in [-0.1, -0.05) is 73.5 Å². The molecule has 6 heteroatoms. The zero-order valence-electron chi connectivity index (χ0n) is 18.4. The average Bonchev–Trinajstić information content (AvgIpc) is 3.37. The zero-order chi connectivity index (χ0) is 23.4. The van der Waals surface area contributed by atoms with Crippen LogP contribution in [-0.4, -0.2) is 10.4 Å². The Hall–Kier alpha value is -2.65. The predicted octanol–water partition coefficient (Wildman–Crippen LogP) is 8.45. The lowest BCUT2D eigenvalue weighted by atomic mass is 9.97. The standard InChI is InChI=1S/C27H23ClFNOS2/c1-3-5-17-8-11-21(19(13-17)6-4-2)24-16-26-25(33-24)15-20(32-26)10-7-18-9-12-22(23(29)14-18)27(28)30-31/h8-9,11-16,31H,3-6H2,1-2H3/b30-27-. The summed E-state index contributed by atoms with van der Waals surface area (Å²) >= 11 is 9.13. The fourth-order valence-corrected chi connectivity index (χ4v) is 6.25. The second kappa shape index (κ2) is 10.5. The van der Waals surface area contributed by atoms with E-state index in [4.69, 9.17) is 16.8 Å². The first-order valence-corrected chi connectivity index (χ1v) is 12.9. The Bertz CT molecular complexity index is 1360. The van der Waals surface area contributed by atoms with Crippen molar-refractivity contribution < 1.29 is 9.60 Å². The van der Waals surface area contributed by atoms with Crippen LogP contribution < -0.4 is 0 Å². The summed E-state index contributed by atoms with van der Waals surface area (Å²) in [6.07, 6.45) is 4.49. The number of thiophene rings is 2. The number of halogens is 2. The third-order valence-corrected chi connectivity index (χ3v) is 7.83. The van der Waals surface area contributed by atoms with Gasteiger partial charge in [-0.2, -0.15) is 0 Å². The molecule has 1 N–H and O–H groups in total. The minimum absolute atomic E-state index is 0.0408. The van der Waals surface area contributed by atoms with Crippen molar-refractivity contribution in [1.29, 1.82) is 0 Å². The van der Waals surface area contributed by atoms with Crippen LogP contribution in [0.1, 0.15) is 53.8 Å². The molecule has 0 spiro atoms. The second-order valence-corrected chi connectivity index (χ2v) is 10.3. The van der Waals surface area contributed by atoms with Crippen molar-refractivity contribution in [2.45, 2.75) is 39.5 Å². The van der Waals surface area contributed by atoms with Crippen LogP contribution in [0.4, 0.5) is 4.39 Å². The fraction of sp³-hybridized carbons (Fsp3) is 0.222. The van der Waals surface area contributed by atoms with Crippen LogP contribution in [0.25, 0.3) is 19.8 Å². The van der Waals surface area contributed by atoms with Crippen LogP contribution in [0, 0.1) is 17.7 Å². The first kappa shape index (κ1) is 23.5. The Kier molecular flexibility index (Phi) is 7.49. The molecule has 0 aliphatic heterocycles.